The molecular formula is C9H12O3. The van der Waals surface area contributed by atoms with Crippen molar-refractivity contribution in [3.05, 3.63) is 0 Å². The Hall–Kier alpha value is -0.860. The van der Waals surface area contributed by atoms with Gasteiger partial charge in [-0.1, -0.05) is 12.8 Å². The number of carbonyl (C=O) groups excluding carboxylic acids is 2. The van der Waals surface area contributed by atoms with E-state index in [4.69, 9.17) is 4.74 Å². The molecular weight excluding hydrogens is 156 g/mol. The van der Waals surface area contributed by atoms with Crippen LogP contribution in [0.4, 0.5) is 0 Å². The number of esters is 1. The average Bonchev–Trinajstić information content (AvgIpc) is 2.12. The van der Waals surface area contributed by atoms with E-state index in [1.165, 1.54) is 0 Å². The maximum Gasteiger partial charge on any atom is 0.310 e. The van der Waals surface area contributed by atoms with E-state index in [2.05, 4.69) is 0 Å². The first kappa shape index (κ1) is 7.77. The number of Topliss-reactive ketones (excluding diaryl/α,β-unsaturated/α-hetero) is 1. The summed E-state index contributed by atoms with van der Waals surface area (Å²) in [7, 11) is 0. The number of ether oxygens (including phenoxy) is 1. The Morgan fingerprint density at radius 2 is 1.75 bits per heavy atom. The smallest absolute Gasteiger partial charge is 0.310 e. The van der Waals surface area contributed by atoms with Crippen LogP contribution in [0.5, 0.6) is 0 Å². The summed E-state index contributed by atoms with van der Waals surface area (Å²) in [4.78, 5) is 22.5. The molecule has 2 rings (SSSR count). The van der Waals surface area contributed by atoms with Crippen molar-refractivity contribution in [1.29, 1.82) is 0 Å². The minimum absolute atomic E-state index is 0.0139. The van der Waals surface area contributed by atoms with E-state index in [-0.39, 0.29) is 30.2 Å². The van der Waals surface area contributed by atoms with E-state index in [1.54, 1.807) is 0 Å². The summed E-state index contributed by atoms with van der Waals surface area (Å²) in [5.41, 5.74) is 0. The number of ketones is 1. The minimum Gasteiger partial charge on any atom is -0.457 e. The SMILES string of the molecule is O=C1COC(=O)C2CCCCC12. The molecule has 2 unspecified atom stereocenters. The molecule has 0 bridgehead atoms. The maximum absolute atomic E-state index is 11.3. The molecule has 0 aromatic carbocycles. The van der Waals surface area contributed by atoms with Crippen molar-refractivity contribution in [3.8, 4) is 0 Å². The van der Waals surface area contributed by atoms with Gasteiger partial charge < -0.3 is 4.74 Å². The maximum atomic E-state index is 11.3. The van der Waals surface area contributed by atoms with Crippen LogP contribution in [-0.2, 0) is 14.3 Å². The van der Waals surface area contributed by atoms with Gasteiger partial charge in [-0.05, 0) is 12.8 Å². The average molecular weight is 168 g/mol. The standard InChI is InChI=1S/C9H12O3/c10-8-5-12-9(11)7-4-2-1-3-6(7)8/h6-7H,1-5H2. The second-order valence-corrected chi connectivity index (χ2v) is 3.57. The molecule has 1 aliphatic carbocycles. The topological polar surface area (TPSA) is 43.4 Å². The molecule has 3 heteroatoms. The number of cyclic esters (lactones) is 1. The van der Waals surface area contributed by atoms with Gasteiger partial charge in [-0.15, -0.1) is 0 Å². The highest BCUT2D eigenvalue weighted by Crippen LogP contribution is 2.33. The molecule has 0 amide bonds. The van der Waals surface area contributed by atoms with Crippen LogP contribution in [0.1, 0.15) is 25.7 Å². The van der Waals surface area contributed by atoms with E-state index in [0.717, 1.165) is 25.7 Å². The molecule has 1 saturated carbocycles. The highest BCUT2D eigenvalue weighted by molar-refractivity contribution is 5.92. The Bertz CT molecular complexity index is 198. The Balaban J connectivity index is 2.16. The van der Waals surface area contributed by atoms with Crippen LogP contribution in [0.2, 0.25) is 0 Å². The van der Waals surface area contributed by atoms with E-state index in [9.17, 15) is 9.59 Å². The fourth-order valence-corrected chi connectivity index (χ4v) is 2.15. The lowest BCUT2D eigenvalue weighted by molar-refractivity contribution is -0.165. The first-order valence-corrected chi connectivity index (χ1v) is 4.48. The largest absolute Gasteiger partial charge is 0.457 e. The van der Waals surface area contributed by atoms with Gasteiger partial charge in [0.2, 0.25) is 0 Å². The predicted octanol–water partition coefficient (Wildman–Crippen LogP) is 0.919. The minimum atomic E-state index is -0.153. The van der Waals surface area contributed by atoms with Gasteiger partial charge >= 0.3 is 5.97 Å². The molecule has 2 fully saturated rings. The van der Waals surface area contributed by atoms with Crippen molar-refractivity contribution in [2.75, 3.05) is 6.61 Å². The summed E-state index contributed by atoms with van der Waals surface area (Å²) in [5, 5.41) is 0. The summed E-state index contributed by atoms with van der Waals surface area (Å²) in [6, 6.07) is 0. The van der Waals surface area contributed by atoms with Crippen molar-refractivity contribution in [1.82, 2.24) is 0 Å². The molecule has 0 radical (unpaired) electrons. The van der Waals surface area contributed by atoms with Crippen LogP contribution in [0.25, 0.3) is 0 Å². The number of hydrogen-bond donors (Lipinski definition) is 0. The quantitative estimate of drug-likeness (QED) is 0.505. The van der Waals surface area contributed by atoms with Crippen LogP contribution in [0.3, 0.4) is 0 Å². The van der Waals surface area contributed by atoms with Gasteiger partial charge in [-0.3, -0.25) is 9.59 Å². The van der Waals surface area contributed by atoms with Gasteiger partial charge in [0.25, 0.3) is 0 Å². The van der Waals surface area contributed by atoms with E-state index in [0.29, 0.717) is 0 Å². The number of fused-ring (bicyclic) bond motifs is 1. The normalized spacial score (nSPS) is 35.7. The first-order valence-electron chi connectivity index (χ1n) is 4.48. The Kier molecular flexibility index (Phi) is 1.87. The van der Waals surface area contributed by atoms with Gasteiger partial charge in [0.05, 0.1) is 5.92 Å². The highest BCUT2D eigenvalue weighted by atomic mass is 16.5. The molecule has 1 heterocycles. The lowest BCUT2D eigenvalue weighted by Gasteiger charge is -2.32. The summed E-state index contributed by atoms with van der Waals surface area (Å²) in [6.45, 7) is 0.0139. The molecule has 12 heavy (non-hydrogen) atoms. The molecule has 2 atom stereocenters. The summed E-state index contributed by atoms with van der Waals surface area (Å²) < 4.78 is 4.77. The Labute approximate surface area is 71.1 Å². The molecule has 0 spiro atoms. The predicted molar refractivity (Wildman–Crippen MR) is 41.4 cm³/mol. The third-order valence-corrected chi connectivity index (χ3v) is 2.84. The number of rotatable bonds is 0. The molecule has 1 saturated heterocycles. The van der Waals surface area contributed by atoms with Crippen LogP contribution >= 0.6 is 0 Å². The number of carbonyl (C=O) groups is 2. The molecule has 3 nitrogen and oxygen atoms in total. The zero-order valence-corrected chi connectivity index (χ0v) is 6.91. The third kappa shape index (κ3) is 1.13. The van der Waals surface area contributed by atoms with Gasteiger partial charge in [0, 0.05) is 5.92 Å². The van der Waals surface area contributed by atoms with Gasteiger partial charge in [-0.2, -0.15) is 0 Å². The van der Waals surface area contributed by atoms with Gasteiger partial charge in [0.1, 0.15) is 6.61 Å². The molecule has 66 valence electrons. The van der Waals surface area contributed by atoms with E-state index < -0.39 is 0 Å². The zero-order valence-electron chi connectivity index (χ0n) is 6.91. The van der Waals surface area contributed by atoms with Crippen molar-refractivity contribution in [2.24, 2.45) is 11.8 Å². The summed E-state index contributed by atoms with van der Waals surface area (Å²) >= 11 is 0. The lowest BCUT2D eigenvalue weighted by Crippen LogP contribution is -2.41. The van der Waals surface area contributed by atoms with Crippen LogP contribution in [0.15, 0.2) is 0 Å². The molecule has 0 N–H and O–H groups in total. The highest BCUT2D eigenvalue weighted by Gasteiger charge is 2.40. The van der Waals surface area contributed by atoms with Gasteiger partial charge in [-0.25, -0.2) is 0 Å². The molecule has 2 aliphatic rings. The molecule has 0 aromatic heterocycles. The first-order chi connectivity index (χ1) is 5.79. The summed E-state index contributed by atoms with van der Waals surface area (Å²) in [5.74, 6) is -0.154. The fraction of sp³-hybridized carbons (Fsp3) is 0.778. The van der Waals surface area contributed by atoms with Crippen molar-refractivity contribution in [2.45, 2.75) is 25.7 Å². The Morgan fingerprint density at radius 3 is 2.42 bits per heavy atom. The Morgan fingerprint density at radius 1 is 1.08 bits per heavy atom. The van der Waals surface area contributed by atoms with Gasteiger partial charge in [0.15, 0.2) is 5.78 Å². The third-order valence-electron chi connectivity index (χ3n) is 2.84. The van der Waals surface area contributed by atoms with Crippen molar-refractivity contribution < 1.29 is 14.3 Å². The molecule has 0 aromatic rings. The second-order valence-electron chi connectivity index (χ2n) is 3.57. The van der Waals surface area contributed by atoms with E-state index >= 15 is 0 Å². The van der Waals surface area contributed by atoms with Crippen LogP contribution in [0, 0.1) is 11.8 Å². The van der Waals surface area contributed by atoms with E-state index in [1.807, 2.05) is 0 Å². The number of hydrogen-bond acceptors (Lipinski definition) is 3. The summed E-state index contributed by atoms with van der Waals surface area (Å²) in [6.07, 6.45) is 3.87. The van der Waals surface area contributed by atoms with Crippen molar-refractivity contribution >= 4 is 11.8 Å². The van der Waals surface area contributed by atoms with Crippen molar-refractivity contribution in [3.63, 3.8) is 0 Å². The zero-order chi connectivity index (χ0) is 8.55. The molecule has 1 aliphatic heterocycles. The van der Waals surface area contributed by atoms with Crippen LogP contribution in [-0.4, -0.2) is 18.4 Å². The fourth-order valence-electron chi connectivity index (χ4n) is 2.15. The monoisotopic (exact) mass is 168 g/mol. The second kappa shape index (κ2) is 2.88. The lowest BCUT2D eigenvalue weighted by atomic mass is 9.76. The van der Waals surface area contributed by atoms with Crippen LogP contribution < -0.4 is 0 Å².